The normalized spacial score (nSPS) is 19.0. The summed E-state index contributed by atoms with van der Waals surface area (Å²) in [5.74, 6) is -0.0898. The Morgan fingerprint density at radius 3 is 2.81 bits per heavy atom. The fraction of sp³-hybridized carbons (Fsp3) is 0.308. The van der Waals surface area contributed by atoms with Gasteiger partial charge in [-0.1, -0.05) is 30.3 Å². The highest BCUT2D eigenvalue weighted by atomic mass is 16.6. The first-order chi connectivity index (χ1) is 7.86. The molecule has 2 rings (SSSR count). The Bertz CT molecular complexity index is 373. The zero-order chi connectivity index (χ0) is 11.2. The molecular weight excluding hydrogens is 202 g/mol. The standard InChI is InChI=1S/C13H15NO2/c15-13-12(9-10-16-14-13)8-4-7-11-5-2-1-3-6-11/h1-3,5-6,9-10,12H,4,7-8H2,(H,14,15). The summed E-state index contributed by atoms with van der Waals surface area (Å²) >= 11 is 0. The van der Waals surface area contributed by atoms with E-state index in [1.165, 1.54) is 11.8 Å². The zero-order valence-electron chi connectivity index (χ0n) is 9.06. The molecule has 1 aliphatic rings. The van der Waals surface area contributed by atoms with Crippen LogP contribution in [-0.2, 0) is 16.1 Å². The van der Waals surface area contributed by atoms with Crippen molar-refractivity contribution < 1.29 is 9.63 Å². The average Bonchev–Trinajstić information content (AvgIpc) is 2.33. The van der Waals surface area contributed by atoms with Crippen molar-refractivity contribution in [2.24, 2.45) is 5.92 Å². The van der Waals surface area contributed by atoms with Crippen LogP contribution in [0.1, 0.15) is 18.4 Å². The third-order valence-corrected chi connectivity index (χ3v) is 2.70. The Morgan fingerprint density at radius 1 is 1.25 bits per heavy atom. The molecule has 1 atom stereocenters. The molecule has 0 radical (unpaired) electrons. The molecule has 1 aliphatic heterocycles. The minimum atomic E-state index is -0.0458. The van der Waals surface area contributed by atoms with E-state index >= 15 is 0 Å². The summed E-state index contributed by atoms with van der Waals surface area (Å²) in [7, 11) is 0. The van der Waals surface area contributed by atoms with Crippen LogP contribution in [-0.4, -0.2) is 5.91 Å². The van der Waals surface area contributed by atoms with Crippen LogP contribution < -0.4 is 5.48 Å². The van der Waals surface area contributed by atoms with Crippen LogP contribution in [0.25, 0.3) is 0 Å². The molecule has 0 saturated heterocycles. The molecule has 1 unspecified atom stereocenters. The third kappa shape index (κ3) is 2.86. The minimum Gasteiger partial charge on any atom is -0.388 e. The molecule has 0 saturated carbocycles. The van der Waals surface area contributed by atoms with Crippen molar-refractivity contribution in [3.05, 3.63) is 48.2 Å². The molecule has 1 aromatic rings. The molecule has 0 bridgehead atoms. The van der Waals surface area contributed by atoms with Crippen molar-refractivity contribution in [2.45, 2.75) is 19.3 Å². The van der Waals surface area contributed by atoms with E-state index in [0.717, 1.165) is 19.3 Å². The van der Waals surface area contributed by atoms with Gasteiger partial charge in [0, 0.05) is 0 Å². The number of nitrogens with one attached hydrogen (secondary N) is 1. The largest absolute Gasteiger partial charge is 0.388 e. The maximum absolute atomic E-state index is 11.3. The lowest BCUT2D eigenvalue weighted by molar-refractivity contribution is -0.134. The second-order valence-electron chi connectivity index (χ2n) is 3.90. The molecule has 1 aromatic carbocycles. The summed E-state index contributed by atoms with van der Waals surface area (Å²) in [6.07, 6.45) is 6.23. The van der Waals surface area contributed by atoms with E-state index < -0.39 is 0 Å². The van der Waals surface area contributed by atoms with Crippen molar-refractivity contribution in [3.63, 3.8) is 0 Å². The van der Waals surface area contributed by atoms with Crippen LogP contribution in [0.5, 0.6) is 0 Å². The van der Waals surface area contributed by atoms with Crippen molar-refractivity contribution in [1.82, 2.24) is 5.48 Å². The number of carbonyl (C=O) groups excluding carboxylic acids is 1. The lowest BCUT2D eigenvalue weighted by atomic mass is 9.98. The third-order valence-electron chi connectivity index (χ3n) is 2.70. The van der Waals surface area contributed by atoms with Gasteiger partial charge in [0.25, 0.3) is 5.91 Å². The SMILES string of the molecule is O=C1NOC=CC1CCCc1ccccc1. The van der Waals surface area contributed by atoms with Gasteiger partial charge in [0.15, 0.2) is 0 Å². The molecule has 0 aliphatic carbocycles. The quantitative estimate of drug-likeness (QED) is 0.839. The summed E-state index contributed by atoms with van der Waals surface area (Å²) in [5, 5.41) is 0. The van der Waals surface area contributed by atoms with Crippen molar-refractivity contribution in [3.8, 4) is 0 Å². The Morgan fingerprint density at radius 2 is 2.06 bits per heavy atom. The molecular formula is C13H15NO2. The molecule has 16 heavy (non-hydrogen) atoms. The van der Waals surface area contributed by atoms with Gasteiger partial charge in [-0.05, 0) is 30.9 Å². The second kappa shape index (κ2) is 5.35. The van der Waals surface area contributed by atoms with Gasteiger partial charge in [0.05, 0.1) is 5.92 Å². The first-order valence-corrected chi connectivity index (χ1v) is 5.52. The highest BCUT2D eigenvalue weighted by Gasteiger charge is 2.18. The van der Waals surface area contributed by atoms with E-state index in [2.05, 4.69) is 17.6 Å². The topological polar surface area (TPSA) is 38.3 Å². The van der Waals surface area contributed by atoms with Crippen LogP contribution in [0.3, 0.4) is 0 Å². The van der Waals surface area contributed by atoms with Gasteiger partial charge in [-0.15, -0.1) is 0 Å². The van der Waals surface area contributed by atoms with Crippen LogP contribution >= 0.6 is 0 Å². The highest BCUT2D eigenvalue weighted by Crippen LogP contribution is 2.14. The van der Waals surface area contributed by atoms with Gasteiger partial charge in [-0.25, -0.2) is 0 Å². The van der Waals surface area contributed by atoms with E-state index in [0.29, 0.717) is 0 Å². The van der Waals surface area contributed by atoms with Crippen LogP contribution in [0, 0.1) is 5.92 Å². The zero-order valence-corrected chi connectivity index (χ0v) is 9.06. The number of benzene rings is 1. The molecule has 0 spiro atoms. The molecule has 0 aromatic heterocycles. The molecule has 3 heteroatoms. The molecule has 3 nitrogen and oxygen atoms in total. The van der Waals surface area contributed by atoms with Crippen LogP contribution in [0.2, 0.25) is 0 Å². The Hall–Kier alpha value is -1.77. The number of hydrogen-bond donors (Lipinski definition) is 1. The smallest absolute Gasteiger partial charge is 0.259 e. The Kier molecular flexibility index (Phi) is 3.59. The lowest BCUT2D eigenvalue weighted by Gasteiger charge is -2.16. The van der Waals surface area contributed by atoms with Gasteiger partial charge in [-0.3, -0.25) is 4.79 Å². The van der Waals surface area contributed by atoms with Gasteiger partial charge >= 0.3 is 0 Å². The second-order valence-corrected chi connectivity index (χ2v) is 3.90. The van der Waals surface area contributed by atoms with Gasteiger partial charge in [0.2, 0.25) is 0 Å². The first kappa shape index (κ1) is 10.7. The Balaban J connectivity index is 1.78. The van der Waals surface area contributed by atoms with E-state index in [-0.39, 0.29) is 11.8 Å². The lowest BCUT2D eigenvalue weighted by Crippen LogP contribution is -2.31. The van der Waals surface area contributed by atoms with Gasteiger partial charge in [0.1, 0.15) is 6.26 Å². The van der Waals surface area contributed by atoms with E-state index in [4.69, 9.17) is 4.84 Å². The number of hydroxylamine groups is 1. The predicted octanol–water partition coefficient (Wildman–Crippen LogP) is 2.20. The minimum absolute atomic E-state index is 0.0440. The number of aryl methyl sites for hydroxylation is 1. The summed E-state index contributed by atoms with van der Waals surface area (Å²) in [5.41, 5.74) is 3.67. The summed E-state index contributed by atoms with van der Waals surface area (Å²) in [6, 6.07) is 10.3. The fourth-order valence-corrected chi connectivity index (χ4v) is 1.79. The van der Waals surface area contributed by atoms with Gasteiger partial charge in [-0.2, -0.15) is 5.48 Å². The number of amides is 1. The molecule has 84 valence electrons. The Labute approximate surface area is 95.1 Å². The molecule has 1 heterocycles. The number of rotatable bonds is 4. The fourth-order valence-electron chi connectivity index (χ4n) is 1.79. The molecule has 0 fully saturated rings. The summed E-state index contributed by atoms with van der Waals surface area (Å²) < 4.78 is 0. The number of carbonyl (C=O) groups is 1. The van der Waals surface area contributed by atoms with Crippen molar-refractivity contribution in [2.75, 3.05) is 0 Å². The maximum atomic E-state index is 11.3. The van der Waals surface area contributed by atoms with E-state index in [9.17, 15) is 4.79 Å². The summed E-state index contributed by atoms with van der Waals surface area (Å²) in [4.78, 5) is 16.0. The highest BCUT2D eigenvalue weighted by molar-refractivity contribution is 5.79. The first-order valence-electron chi connectivity index (χ1n) is 5.52. The average molecular weight is 217 g/mol. The van der Waals surface area contributed by atoms with Crippen molar-refractivity contribution >= 4 is 5.91 Å². The summed E-state index contributed by atoms with van der Waals surface area (Å²) in [6.45, 7) is 0. The van der Waals surface area contributed by atoms with Crippen LogP contribution in [0.4, 0.5) is 0 Å². The maximum Gasteiger partial charge on any atom is 0.259 e. The predicted molar refractivity (Wildman–Crippen MR) is 61.2 cm³/mol. The van der Waals surface area contributed by atoms with E-state index in [1.54, 1.807) is 0 Å². The number of hydrogen-bond acceptors (Lipinski definition) is 2. The van der Waals surface area contributed by atoms with Crippen LogP contribution in [0.15, 0.2) is 42.7 Å². The van der Waals surface area contributed by atoms with E-state index in [1.807, 2.05) is 24.3 Å². The van der Waals surface area contributed by atoms with Crippen molar-refractivity contribution in [1.29, 1.82) is 0 Å². The molecule has 1 N–H and O–H groups in total. The van der Waals surface area contributed by atoms with Gasteiger partial charge < -0.3 is 4.84 Å². The molecule has 1 amide bonds. The monoisotopic (exact) mass is 217 g/mol.